The zero-order chi connectivity index (χ0) is 15.4. The molecule has 0 saturated heterocycles. The molecule has 0 atom stereocenters. The van der Waals surface area contributed by atoms with E-state index in [0.29, 0.717) is 17.8 Å². The molecule has 0 fully saturated rings. The molecule has 1 amide bonds. The predicted molar refractivity (Wildman–Crippen MR) is 82.5 cm³/mol. The lowest BCUT2D eigenvalue weighted by Gasteiger charge is -2.19. The molecule has 0 saturated carbocycles. The summed E-state index contributed by atoms with van der Waals surface area (Å²) < 4.78 is 5.28. The normalized spacial score (nSPS) is 10.2. The predicted octanol–water partition coefficient (Wildman–Crippen LogP) is 2.60. The van der Waals surface area contributed by atoms with Crippen molar-refractivity contribution >= 4 is 23.2 Å². The Hall–Kier alpha value is -2.27. The van der Waals surface area contributed by atoms with Gasteiger partial charge in [0.15, 0.2) is 0 Å². The Balaban J connectivity index is 2.22. The number of para-hydroxylation sites is 1. The summed E-state index contributed by atoms with van der Waals surface area (Å²) in [6, 6.07) is 9.01. The first-order chi connectivity index (χ1) is 10.0. The Morgan fingerprint density at radius 3 is 2.86 bits per heavy atom. The van der Waals surface area contributed by atoms with Crippen LogP contribution in [0.15, 0.2) is 36.5 Å². The maximum absolute atomic E-state index is 12.4. The first kappa shape index (κ1) is 15.1. The van der Waals surface area contributed by atoms with Gasteiger partial charge < -0.3 is 15.4 Å². The molecule has 0 aliphatic heterocycles. The van der Waals surface area contributed by atoms with Gasteiger partial charge in [-0.3, -0.25) is 4.79 Å². The summed E-state index contributed by atoms with van der Waals surface area (Å²) in [6.07, 6.45) is 1.38. The average molecular weight is 306 g/mol. The van der Waals surface area contributed by atoms with Crippen molar-refractivity contribution in [2.45, 2.75) is 6.54 Å². The van der Waals surface area contributed by atoms with Crippen LogP contribution < -0.4 is 10.5 Å². The Bertz CT molecular complexity index is 661. The quantitative estimate of drug-likeness (QED) is 0.882. The van der Waals surface area contributed by atoms with Crippen molar-refractivity contribution in [1.29, 1.82) is 0 Å². The first-order valence-corrected chi connectivity index (χ1v) is 6.69. The molecule has 5 nitrogen and oxygen atoms in total. The van der Waals surface area contributed by atoms with Gasteiger partial charge in [-0.05, 0) is 12.1 Å². The van der Waals surface area contributed by atoms with Crippen molar-refractivity contribution in [3.63, 3.8) is 0 Å². The van der Waals surface area contributed by atoms with Gasteiger partial charge in [0.05, 0.1) is 24.6 Å². The molecule has 0 radical (unpaired) electrons. The monoisotopic (exact) mass is 305 g/mol. The molecule has 2 N–H and O–H groups in total. The number of amides is 1. The van der Waals surface area contributed by atoms with Gasteiger partial charge in [-0.15, -0.1) is 0 Å². The van der Waals surface area contributed by atoms with Gasteiger partial charge >= 0.3 is 0 Å². The maximum Gasteiger partial charge on any atom is 0.256 e. The third kappa shape index (κ3) is 3.44. The second-order valence-electron chi connectivity index (χ2n) is 4.57. The van der Waals surface area contributed by atoms with Crippen LogP contribution in [-0.2, 0) is 6.54 Å². The van der Waals surface area contributed by atoms with E-state index in [4.69, 9.17) is 22.1 Å². The summed E-state index contributed by atoms with van der Waals surface area (Å²) in [6.45, 7) is 0.405. The molecule has 0 aliphatic carbocycles. The van der Waals surface area contributed by atoms with E-state index in [0.717, 1.165) is 11.3 Å². The third-order valence-corrected chi connectivity index (χ3v) is 3.29. The summed E-state index contributed by atoms with van der Waals surface area (Å²) in [5.41, 5.74) is 7.34. The molecular formula is C15H16ClN3O2. The molecule has 2 rings (SSSR count). The van der Waals surface area contributed by atoms with Gasteiger partial charge in [-0.1, -0.05) is 29.8 Å². The number of nitrogens with zero attached hydrogens (tertiary/aromatic N) is 2. The molecule has 1 heterocycles. The van der Waals surface area contributed by atoms with Crippen LogP contribution in [0.5, 0.6) is 5.75 Å². The second-order valence-corrected chi connectivity index (χ2v) is 4.95. The summed E-state index contributed by atoms with van der Waals surface area (Å²) in [5.74, 6) is 0.514. The van der Waals surface area contributed by atoms with E-state index in [9.17, 15) is 4.79 Å². The maximum atomic E-state index is 12.4. The van der Waals surface area contributed by atoms with Gasteiger partial charge in [0.25, 0.3) is 5.91 Å². The van der Waals surface area contributed by atoms with Crippen molar-refractivity contribution in [3.8, 4) is 5.75 Å². The Labute approximate surface area is 128 Å². The lowest BCUT2D eigenvalue weighted by Crippen LogP contribution is -2.27. The number of hydrogen-bond acceptors (Lipinski definition) is 4. The zero-order valence-corrected chi connectivity index (χ0v) is 12.6. The van der Waals surface area contributed by atoms with Gasteiger partial charge in [-0.25, -0.2) is 4.98 Å². The van der Waals surface area contributed by atoms with Gasteiger partial charge in [0.2, 0.25) is 0 Å². The molecule has 2 aromatic rings. The molecule has 0 bridgehead atoms. The molecule has 21 heavy (non-hydrogen) atoms. The average Bonchev–Trinajstić information content (AvgIpc) is 2.49. The van der Waals surface area contributed by atoms with Crippen LogP contribution >= 0.6 is 11.6 Å². The summed E-state index contributed by atoms with van der Waals surface area (Å²) in [5, 5.41) is 0.234. The number of pyridine rings is 1. The van der Waals surface area contributed by atoms with E-state index in [-0.39, 0.29) is 11.1 Å². The number of halogens is 1. The van der Waals surface area contributed by atoms with Crippen LogP contribution in [0.25, 0.3) is 0 Å². The fourth-order valence-electron chi connectivity index (χ4n) is 1.99. The van der Waals surface area contributed by atoms with Crippen molar-refractivity contribution in [3.05, 3.63) is 52.8 Å². The van der Waals surface area contributed by atoms with Gasteiger partial charge in [-0.2, -0.15) is 0 Å². The zero-order valence-electron chi connectivity index (χ0n) is 11.8. The number of carbonyl (C=O) groups is 1. The topological polar surface area (TPSA) is 68.5 Å². The SMILES string of the molecule is COc1ccccc1CN(C)C(=O)c1cc(Cl)ncc1N. The van der Waals surface area contributed by atoms with Crippen molar-refractivity contribution in [1.82, 2.24) is 9.88 Å². The number of aromatic nitrogens is 1. The number of ether oxygens (including phenoxy) is 1. The van der Waals surface area contributed by atoms with Gasteiger partial charge in [0.1, 0.15) is 10.9 Å². The van der Waals surface area contributed by atoms with Crippen molar-refractivity contribution in [2.75, 3.05) is 19.9 Å². The summed E-state index contributed by atoms with van der Waals surface area (Å²) in [7, 11) is 3.30. The lowest BCUT2D eigenvalue weighted by atomic mass is 10.1. The summed E-state index contributed by atoms with van der Waals surface area (Å²) in [4.78, 5) is 17.8. The number of benzene rings is 1. The number of carbonyl (C=O) groups excluding carboxylic acids is 1. The van der Waals surface area contributed by atoms with E-state index in [2.05, 4.69) is 4.98 Å². The fraction of sp³-hybridized carbons (Fsp3) is 0.200. The standard InChI is InChI=1S/C15H16ClN3O2/c1-19(9-10-5-3-4-6-13(10)21-2)15(20)11-7-14(16)18-8-12(11)17/h3-8H,9,17H2,1-2H3. The van der Waals surface area contributed by atoms with Crippen LogP contribution in [0.2, 0.25) is 5.15 Å². The van der Waals surface area contributed by atoms with E-state index in [1.807, 2.05) is 24.3 Å². The number of nitrogen functional groups attached to an aromatic ring is 1. The van der Waals surface area contributed by atoms with E-state index >= 15 is 0 Å². The fourth-order valence-corrected chi connectivity index (χ4v) is 2.15. The van der Waals surface area contributed by atoms with Crippen molar-refractivity contribution in [2.24, 2.45) is 0 Å². The Morgan fingerprint density at radius 2 is 2.14 bits per heavy atom. The van der Waals surface area contributed by atoms with E-state index < -0.39 is 0 Å². The highest BCUT2D eigenvalue weighted by Gasteiger charge is 2.17. The number of rotatable bonds is 4. The Kier molecular flexibility index (Phi) is 4.65. The molecule has 1 aromatic heterocycles. The number of anilines is 1. The van der Waals surface area contributed by atoms with Crippen LogP contribution in [0.4, 0.5) is 5.69 Å². The number of methoxy groups -OCH3 is 1. The van der Waals surface area contributed by atoms with E-state index in [1.165, 1.54) is 12.3 Å². The number of nitrogens with two attached hydrogens (primary N) is 1. The van der Waals surface area contributed by atoms with Crippen LogP contribution in [0, 0.1) is 0 Å². The minimum atomic E-state index is -0.220. The van der Waals surface area contributed by atoms with Crippen LogP contribution in [0.1, 0.15) is 15.9 Å². The molecule has 6 heteroatoms. The molecule has 0 spiro atoms. The number of hydrogen-bond donors (Lipinski definition) is 1. The highest BCUT2D eigenvalue weighted by atomic mass is 35.5. The minimum Gasteiger partial charge on any atom is -0.496 e. The second kappa shape index (κ2) is 6.45. The molecular weight excluding hydrogens is 290 g/mol. The van der Waals surface area contributed by atoms with Crippen molar-refractivity contribution < 1.29 is 9.53 Å². The summed E-state index contributed by atoms with van der Waals surface area (Å²) >= 11 is 5.82. The van der Waals surface area contributed by atoms with E-state index in [1.54, 1.807) is 19.1 Å². The molecule has 110 valence electrons. The third-order valence-electron chi connectivity index (χ3n) is 3.08. The molecule has 1 aromatic carbocycles. The highest BCUT2D eigenvalue weighted by Crippen LogP contribution is 2.21. The molecule has 0 unspecified atom stereocenters. The Morgan fingerprint density at radius 1 is 1.43 bits per heavy atom. The lowest BCUT2D eigenvalue weighted by molar-refractivity contribution is 0.0785. The van der Waals surface area contributed by atoms with Gasteiger partial charge in [0, 0.05) is 19.2 Å². The largest absolute Gasteiger partial charge is 0.496 e. The first-order valence-electron chi connectivity index (χ1n) is 6.31. The van der Waals surface area contributed by atoms with Crippen LogP contribution in [-0.4, -0.2) is 29.9 Å². The highest BCUT2D eigenvalue weighted by molar-refractivity contribution is 6.29. The van der Waals surface area contributed by atoms with Crippen LogP contribution in [0.3, 0.4) is 0 Å². The molecule has 0 aliphatic rings. The smallest absolute Gasteiger partial charge is 0.256 e. The minimum absolute atomic E-state index is 0.220.